The van der Waals surface area contributed by atoms with Crippen molar-refractivity contribution in [2.45, 2.75) is 13.3 Å². The van der Waals surface area contributed by atoms with Gasteiger partial charge >= 0.3 is 0 Å². The molecule has 2 amide bonds. The van der Waals surface area contributed by atoms with Gasteiger partial charge in [0.15, 0.2) is 0 Å². The van der Waals surface area contributed by atoms with Gasteiger partial charge in [0.25, 0.3) is 5.91 Å². The largest absolute Gasteiger partial charge is 0.493 e. The molecule has 1 heterocycles. The first kappa shape index (κ1) is 17.3. The molecule has 0 atom stereocenters. The molecule has 1 N–H and O–H groups in total. The topological polar surface area (TPSA) is 61.9 Å². The highest BCUT2D eigenvalue weighted by Crippen LogP contribution is 2.20. The second-order valence-corrected chi connectivity index (χ2v) is 5.46. The molecule has 0 saturated carbocycles. The summed E-state index contributed by atoms with van der Waals surface area (Å²) in [5.74, 6) is 0.727. The Bertz CT molecular complexity index is 540. The minimum absolute atomic E-state index is 0.0311. The first-order valence-corrected chi connectivity index (χ1v) is 8.10. The summed E-state index contributed by atoms with van der Waals surface area (Å²) in [4.78, 5) is 28.3. The molecule has 126 valence electrons. The van der Waals surface area contributed by atoms with Gasteiger partial charge in [-0.3, -0.25) is 9.59 Å². The fourth-order valence-corrected chi connectivity index (χ4v) is 2.64. The van der Waals surface area contributed by atoms with Crippen molar-refractivity contribution in [1.29, 1.82) is 0 Å². The average Bonchev–Trinajstić information content (AvgIpc) is 2.60. The van der Waals surface area contributed by atoms with Crippen LogP contribution in [0, 0.1) is 0 Å². The third kappa shape index (κ3) is 4.45. The van der Waals surface area contributed by atoms with Crippen molar-refractivity contribution in [3.8, 4) is 5.75 Å². The van der Waals surface area contributed by atoms with E-state index in [9.17, 15) is 9.59 Å². The molecule has 0 spiro atoms. The van der Waals surface area contributed by atoms with E-state index in [-0.39, 0.29) is 11.8 Å². The molecule has 6 nitrogen and oxygen atoms in total. The van der Waals surface area contributed by atoms with Gasteiger partial charge in [0.2, 0.25) is 5.91 Å². The number of benzene rings is 1. The number of ether oxygens (including phenoxy) is 1. The van der Waals surface area contributed by atoms with Gasteiger partial charge in [-0.15, -0.1) is 0 Å². The van der Waals surface area contributed by atoms with Gasteiger partial charge in [-0.2, -0.15) is 0 Å². The van der Waals surface area contributed by atoms with Crippen LogP contribution in [-0.4, -0.2) is 68.0 Å². The van der Waals surface area contributed by atoms with E-state index in [4.69, 9.17) is 4.74 Å². The Balaban J connectivity index is 1.95. The average molecular weight is 319 g/mol. The molecule has 1 fully saturated rings. The molecule has 1 aromatic rings. The van der Waals surface area contributed by atoms with E-state index in [1.807, 2.05) is 37.1 Å². The Hall–Kier alpha value is -2.08. The quantitative estimate of drug-likeness (QED) is 0.849. The van der Waals surface area contributed by atoms with E-state index in [2.05, 4.69) is 5.32 Å². The monoisotopic (exact) mass is 319 g/mol. The molecule has 1 aliphatic rings. The van der Waals surface area contributed by atoms with Crippen molar-refractivity contribution in [3.05, 3.63) is 29.8 Å². The highest BCUT2D eigenvalue weighted by Gasteiger charge is 2.25. The predicted molar refractivity (Wildman–Crippen MR) is 88.6 cm³/mol. The molecule has 1 saturated heterocycles. The molecule has 1 aliphatic heterocycles. The van der Waals surface area contributed by atoms with Gasteiger partial charge in [-0.05, 0) is 26.1 Å². The number of nitrogens with zero attached hydrogens (tertiary/aromatic N) is 2. The number of para-hydroxylation sites is 1. The van der Waals surface area contributed by atoms with Crippen LogP contribution in [-0.2, 0) is 4.79 Å². The Labute approximate surface area is 137 Å². The van der Waals surface area contributed by atoms with Crippen LogP contribution in [0.1, 0.15) is 23.7 Å². The van der Waals surface area contributed by atoms with Crippen LogP contribution < -0.4 is 10.1 Å². The summed E-state index contributed by atoms with van der Waals surface area (Å²) in [6.45, 7) is 5.40. The van der Waals surface area contributed by atoms with Crippen LogP contribution in [0.3, 0.4) is 0 Å². The van der Waals surface area contributed by atoms with Crippen molar-refractivity contribution in [1.82, 2.24) is 15.1 Å². The minimum atomic E-state index is -0.0311. The predicted octanol–water partition coefficient (Wildman–Crippen LogP) is 0.979. The first-order chi connectivity index (χ1) is 11.2. The lowest BCUT2D eigenvalue weighted by atomic mass is 10.1. The van der Waals surface area contributed by atoms with Gasteiger partial charge in [0.05, 0.1) is 12.2 Å². The Morgan fingerprint density at radius 2 is 1.78 bits per heavy atom. The molecule has 0 aromatic heterocycles. The fraction of sp³-hybridized carbons (Fsp3) is 0.529. The van der Waals surface area contributed by atoms with Crippen molar-refractivity contribution in [2.75, 3.05) is 46.4 Å². The summed E-state index contributed by atoms with van der Waals surface area (Å²) in [5, 5.41) is 2.98. The van der Waals surface area contributed by atoms with Crippen LogP contribution in [0.5, 0.6) is 5.75 Å². The van der Waals surface area contributed by atoms with Gasteiger partial charge in [0, 0.05) is 39.1 Å². The lowest BCUT2D eigenvalue weighted by Gasteiger charge is -2.35. The zero-order valence-corrected chi connectivity index (χ0v) is 13.9. The highest BCUT2D eigenvalue weighted by molar-refractivity contribution is 5.97. The van der Waals surface area contributed by atoms with Crippen LogP contribution in [0.4, 0.5) is 0 Å². The Kier molecular flexibility index (Phi) is 6.40. The second kappa shape index (κ2) is 8.53. The summed E-state index contributed by atoms with van der Waals surface area (Å²) < 4.78 is 5.53. The summed E-state index contributed by atoms with van der Waals surface area (Å²) in [6, 6.07) is 7.31. The highest BCUT2D eigenvalue weighted by atomic mass is 16.5. The minimum Gasteiger partial charge on any atom is -0.493 e. The van der Waals surface area contributed by atoms with Crippen LogP contribution in [0.2, 0.25) is 0 Å². The summed E-state index contributed by atoms with van der Waals surface area (Å²) in [7, 11) is 1.83. The number of carbonyl (C=O) groups is 2. The standard InChI is InChI=1S/C17H25N3O3/c1-3-23-15-7-5-4-6-14(15)17(22)20-12-10-19(11-13-20)16(21)8-9-18-2/h4-7,18H,3,8-13H2,1-2H3. The van der Waals surface area contributed by atoms with E-state index < -0.39 is 0 Å². The molecule has 2 rings (SSSR count). The maximum absolute atomic E-state index is 12.7. The van der Waals surface area contributed by atoms with Gasteiger partial charge in [0.1, 0.15) is 5.75 Å². The fourth-order valence-electron chi connectivity index (χ4n) is 2.64. The van der Waals surface area contributed by atoms with Crippen molar-refractivity contribution >= 4 is 11.8 Å². The molecule has 6 heteroatoms. The maximum atomic E-state index is 12.7. The zero-order valence-electron chi connectivity index (χ0n) is 13.9. The van der Waals surface area contributed by atoms with Gasteiger partial charge in [-0.1, -0.05) is 12.1 Å². The van der Waals surface area contributed by atoms with E-state index in [0.29, 0.717) is 57.1 Å². The first-order valence-electron chi connectivity index (χ1n) is 8.10. The van der Waals surface area contributed by atoms with E-state index in [0.717, 1.165) is 0 Å². The number of nitrogens with one attached hydrogen (secondary N) is 1. The number of carbonyl (C=O) groups excluding carboxylic acids is 2. The van der Waals surface area contributed by atoms with E-state index in [1.165, 1.54) is 0 Å². The zero-order chi connectivity index (χ0) is 16.7. The summed E-state index contributed by atoms with van der Waals surface area (Å²) in [5.41, 5.74) is 0.587. The van der Waals surface area contributed by atoms with Crippen LogP contribution in [0.15, 0.2) is 24.3 Å². The molecule has 1 aromatic carbocycles. The van der Waals surface area contributed by atoms with Crippen molar-refractivity contribution in [2.24, 2.45) is 0 Å². The molecule has 0 bridgehead atoms. The lowest BCUT2D eigenvalue weighted by molar-refractivity contribution is -0.132. The van der Waals surface area contributed by atoms with E-state index in [1.54, 1.807) is 11.0 Å². The summed E-state index contributed by atoms with van der Waals surface area (Å²) in [6.07, 6.45) is 0.498. The number of rotatable bonds is 6. The molecular formula is C17H25N3O3. The molecule has 23 heavy (non-hydrogen) atoms. The van der Waals surface area contributed by atoms with Crippen LogP contribution >= 0.6 is 0 Å². The van der Waals surface area contributed by atoms with E-state index >= 15 is 0 Å². The summed E-state index contributed by atoms with van der Waals surface area (Å²) >= 11 is 0. The third-order valence-corrected chi connectivity index (χ3v) is 3.93. The Morgan fingerprint density at radius 1 is 1.13 bits per heavy atom. The van der Waals surface area contributed by atoms with Gasteiger partial charge in [-0.25, -0.2) is 0 Å². The number of amides is 2. The van der Waals surface area contributed by atoms with Crippen LogP contribution in [0.25, 0.3) is 0 Å². The van der Waals surface area contributed by atoms with Crippen molar-refractivity contribution in [3.63, 3.8) is 0 Å². The normalized spacial score (nSPS) is 14.7. The molecule has 0 radical (unpaired) electrons. The molecule has 0 aliphatic carbocycles. The second-order valence-electron chi connectivity index (χ2n) is 5.46. The number of hydrogen-bond donors (Lipinski definition) is 1. The number of piperazine rings is 1. The number of hydrogen-bond acceptors (Lipinski definition) is 4. The Morgan fingerprint density at radius 3 is 2.43 bits per heavy atom. The SMILES string of the molecule is CCOc1ccccc1C(=O)N1CCN(C(=O)CCNC)CC1. The van der Waals surface area contributed by atoms with Gasteiger partial charge < -0.3 is 19.9 Å². The van der Waals surface area contributed by atoms with Crippen molar-refractivity contribution < 1.29 is 14.3 Å². The lowest BCUT2D eigenvalue weighted by Crippen LogP contribution is -2.50. The smallest absolute Gasteiger partial charge is 0.257 e. The maximum Gasteiger partial charge on any atom is 0.257 e. The molecule has 0 unspecified atom stereocenters. The third-order valence-electron chi connectivity index (χ3n) is 3.93. The molecular weight excluding hydrogens is 294 g/mol.